The lowest BCUT2D eigenvalue weighted by Gasteiger charge is -2.39. The highest BCUT2D eigenvalue weighted by Gasteiger charge is 2.58. The van der Waals surface area contributed by atoms with Crippen molar-refractivity contribution in [3.8, 4) is 11.5 Å². The average Bonchev–Trinajstić information content (AvgIpc) is 3.62. The van der Waals surface area contributed by atoms with Crippen LogP contribution in [0.1, 0.15) is 41.9 Å². The van der Waals surface area contributed by atoms with E-state index in [1.807, 2.05) is 30.3 Å². The van der Waals surface area contributed by atoms with Crippen molar-refractivity contribution in [2.75, 3.05) is 34.1 Å². The number of hydrogen-bond donors (Lipinski definition) is 0. The predicted molar refractivity (Wildman–Crippen MR) is 138 cm³/mol. The van der Waals surface area contributed by atoms with Gasteiger partial charge in [0, 0.05) is 6.54 Å². The Morgan fingerprint density at radius 3 is 2.66 bits per heavy atom. The molecule has 0 radical (unpaired) electrons. The van der Waals surface area contributed by atoms with E-state index in [0.717, 1.165) is 49.2 Å². The number of benzene rings is 2. The Morgan fingerprint density at radius 1 is 1.11 bits per heavy atom. The minimum Gasteiger partial charge on any atom is -0.497 e. The first kappa shape index (κ1) is 24.8. The van der Waals surface area contributed by atoms with E-state index in [0.29, 0.717) is 17.9 Å². The fourth-order valence-electron chi connectivity index (χ4n) is 6.74. The summed E-state index contributed by atoms with van der Waals surface area (Å²) in [6.45, 7) is 2.08. The third kappa shape index (κ3) is 4.21. The number of hydrogen-bond acceptors (Lipinski definition) is 8. The minimum absolute atomic E-state index is 0.0554. The maximum atomic E-state index is 13.8. The summed E-state index contributed by atoms with van der Waals surface area (Å²) in [5.41, 5.74) is 2.92. The number of fused-ring (bicyclic) bond motifs is 3. The van der Waals surface area contributed by atoms with Gasteiger partial charge in [0.2, 0.25) is 6.79 Å². The van der Waals surface area contributed by atoms with E-state index in [1.54, 1.807) is 7.11 Å². The largest absolute Gasteiger partial charge is 0.497 e. The number of nitrogens with zero attached hydrogens (tertiary/aromatic N) is 1. The highest BCUT2D eigenvalue weighted by Crippen LogP contribution is 2.55. The standard InChI is InChI=1S/C30H33NO7/c1-34-25-17-30-10-6-11-31(30)12-9-20-14-23-24(37-18-36-23)16-22(20)27(30)28(25)38-29(33)21(15-26(32)35-2)13-19-7-4-3-5-8-19/h3-5,7-8,14,16-17,21,27-28H,6,9-13,15,18H2,1-2H3/t21-,27-,28-,30+/m1/s1. The molecule has 0 aromatic heterocycles. The number of ether oxygens (including phenoxy) is 5. The van der Waals surface area contributed by atoms with E-state index in [9.17, 15) is 9.59 Å². The summed E-state index contributed by atoms with van der Waals surface area (Å²) in [4.78, 5) is 28.6. The molecular weight excluding hydrogens is 486 g/mol. The number of carbonyl (C=O) groups excluding carboxylic acids is 2. The fourth-order valence-corrected chi connectivity index (χ4v) is 6.74. The molecule has 200 valence electrons. The van der Waals surface area contributed by atoms with Gasteiger partial charge in [0.25, 0.3) is 0 Å². The molecule has 3 heterocycles. The highest BCUT2D eigenvalue weighted by atomic mass is 16.7. The Kier molecular flexibility index (Phi) is 6.51. The molecule has 0 unspecified atom stereocenters. The zero-order valence-corrected chi connectivity index (χ0v) is 21.8. The molecule has 8 nitrogen and oxygen atoms in total. The molecule has 4 atom stereocenters. The lowest BCUT2D eigenvalue weighted by Crippen LogP contribution is -2.47. The summed E-state index contributed by atoms with van der Waals surface area (Å²) in [5, 5.41) is 0. The van der Waals surface area contributed by atoms with Gasteiger partial charge >= 0.3 is 11.9 Å². The number of carbonyl (C=O) groups is 2. The predicted octanol–water partition coefficient (Wildman–Crippen LogP) is 3.77. The Bertz CT molecular complexity index is 1260. The van der Waals surface area contributed by atoms with Crippen molar-refractivity contribution in [2.24, 2.45) is 5.92 Å². The molecule has 2 aromatic carbocycles. The molecule has 1 spiro atoms. The van der Waals surface area contributed by atoms with Crippen LogP contribution in [-0.2, 0) is 36.6 Å². The van der Waals surface area contributed by atoms with Crippen LogP contribution in [-0.4, -0.2) is 62.6 Å². The highest BCUT2D eigenvalue weighted by molar-refractivity contribution is 5.80. The van der Waals surface area contributed by atoms with Crippen LogP contribution in [0.3, 0.4) is 0 Å². The van der Waals surface area contributed by atoms with E-state index in [4.69, 9.17) is 23.7 Å². The molecule has 0 N–H and O–H groups in total. The van der Waals surface area contributed by atoms with Crippen LogP contribution in [0.5, 0.6) is 11.5 Å². The smallest absolute Gasteiger partial charge is 0.310 e. The molecule has 1 aliphatic carbocycles. The molecule has 1 saturated heterocycles. The first-order valence-corrected chi connectivity index (χ1v) is 13.3. The Hall–Kier alpha value is -3.52. The molecule has 3 aliphatic heterocycles. The first-order chi connectivity index (χ1) is 18.5. The van der Waals surface area contributed by atoms with Crippen molar-refractivity contribution in [1.29, 1.82) is 0 Å². The Balaban J connectivity index is 1.37. The lowest BCUT2D eigenvalue weighted by atomic mass is 9.77. The Morgan fingerprint density at radius 2 is 1.89 bits per heavy atom. The number of rotatable bonds is 7. The summed E-state index contributed by atoms with van der Waals surface area (Å²) in [7, 11) is 2.96. The summed E-state index contributed by atoms with van der Waals surface area (Å²) >= 11 is 0. The quantitative estimate of drug-likeness (QED) is 0.512. The van der Waals surface area contributed by atoms with E-state index in [1.165, 1.54) is 12.7 Å². The van der Waals surface area contributed by atoms with Crippen molar-refractivity contribution in [2.45, 2.75) is 49.7 Å². The van der Waals surface area contributed by atoms with Gasteiger partial charge in [0.1, 0.15) is 5.76 Å². The summed E-state index contributed by atoms with van der Waals surface area (Å²) in [5.74, 6) is 0.411. The maximum absolute atomic E-state index is 13.8. The van der Waals surface area contributed by atoms with E-state index >= 15 is 0 Å². The molecule has 4 aliphatic rings. The molecule has 0 saturated carbocycles. The lowest BCUT2D eigenvalue weighted by molar-refractivity contribution is -0.159. The zero-order valence-electron chi connectivity index (χ0n) is 21.8. The van der Waals surface area contributed by atoms with Crippen molar-refractivity contribution >= 4 is 11.9 Å². The van der Waals surface area contributed by atoms with Gasteiger partial charge in [-0.2, -0.15) is 0 Å². The molecular formula is C30H33NO7. The monoisotopic (exact) mass is 519 g/mol. The topological polar surface area (TPSA) is 83.5 Å². The van der Waals surface area contributed by atoms with E-state index in [-0.39, 0.29) is 24.7 Å². The van der Waals surface area contributed by atoms with Gasteiger partial charge in [-0.25, -0.2) is 0 Å². The summed E-state index contributed by atoms with van der Waals surface area (Å²) in [6, 6.07) is 13.8. The summed E-state index contributed by atoms with van der Waals surface area (Å²) < 4.78 is 28.6. The van der Waals surface area contributed by atoms with Gasteiger partial charge in [-0.3, -0.25) is 14.5 Å². The van der Waals surface area contributed by atoms with Gasteiger partial charge in [0.15, 0.2) is 17.6 Å². The first-order valence-electron chi connectivity index (χ1n) is 13.3. The normalized spacial score (nSPS) is 25.9. The fraction of sp³-hybridized carbons (Fsp3) is 0.467. The number of esters is 2. The molecule has 1 fully saturated rings. The van der Waals surface area contributed by atoms with Crippen LogP contribution in [0.4, 0.5) is 0 Å². The van der Waals surface area contributed by atoms with E-state index < -0.39 is 24.0 Å². The zero-order chi connectivity index (χ0) is 26.3. The SMILES string of the molecule is COC(=O)C[C@@H](Cc1ccccc1)C(=O)O[C@@H]1C(OC)=C[C@]23CCCN2CCc2cc4c(cc2[C@H]13)OCO4. The second-order valence-electron chi connectivity index (χ2n) is 10.5. The minimum atomic E-state index is -0.679. The maximum Gasteiger partial charge on any atom is 0.310 e. The van der Waals surface area contributed by atoms with Crippen molar-refractivity contribution in [1.82, 2.24) is 4.90 Å². The van der Waals surface area contributed by atoms with Crippen molar-refractivity contribution in [3.63, 3.8) is 0 Å². The van der Waals surface area contributed by atoms with Crippen LogP contribution in [0.25, 0.3) is 0 Å². The van der Waals surface area contributed by atoms with Crippen LogP contribution in [0.15, 0.2) is 54.3 Å². The van der Waals surface area contributed by atoms with Gasteiger partial charge in [-0.1, -0.05) is 30.3 Å². The van der Waals surface area contributed by atoms with Gasteiger partial charge < -0.3 is 23.7 Å². The van der Waals surface area contributed by atoms with Crippen molar-refractivity contribution in [3.05, 3.63) is 71.0 Å². The molecule has 38 heavy (non-hydrogen) atoms. The van der Waals surface area contributed by atoms with Gasteiger partial charge in [-0.05, 0) is 67.1 Å². The molecule has 6 rings (SSSR count). The van der Waals surface area contributed by atoms with Crippen LogP contribution in [0, 0.1) is 5.92 Å². The molecule has 0 amide bonds. The van der Waals surface area contributed by atoms with Gasteiger partial charge in [0.05, 0.1) is 38.0 Å². The van der Waals surface area contributed by atoms with Crippen molar-refractivity contribution < 1.29 is 33.3 Å². The average molecular weight is 520 g/mol. The van der Waals surface area contributed by atoms with Crippen LogP contribution < -0.4 is 9.47 Å². The molecule has 2 aromatic rings. The third-order valence-corrected chi connectivity index (χ3v) is 8.51. The Labute approximate surface area is 222 Å². The molecule has 0 bridgehead atoms. The number of methoxy groups -OCH3 is 2. The third-order valence-electron chi connectivity index (χ3n) is 8.51. The molecule has 8 heteroatoms. The van der Waals surface area contributed by atoms with Crippen LogP contribution >= 0.6 is 0 Å². The second-order valence-corrected chi connectivity index (χ2v) is 10.5. The van der Waals surface area contributed by atoms with Gasteiger partial charge in [-0.15, -0.1) is 0 Å². The van der Waals surface area contributed by atoms with Crippen LogP contribution in [0.2, 0.25) is 0 Å². The summed E-state index contributed by atoms with van der Waals surface area (Å²) in [6.07, 6.45) is 4.76. The van der Waals surface area contributed by atoms with E-state index in [2.05, 4.69) is 23.1 Å². The second kappa shape index (κ2) is 9.98.